The number of benzene rings is 2. The first-order valence-corrected chi connectivity index (χ1v) is 8.26. The number of hydrogen-bond acceptors (Lipinski definition) is 3. The maximum Gasteiger partial charge on any atom is 0.430 e. The molecule has 8 heteroatoms. The number of carbonyl (C=O) groups is 1. The van der Waals surface area contributed by atoms with Crippen LogP contribution in [0.1, 0.15) is 22.3 Å². The minimum atomic E-state index is -4.86. The van der Waals surface area contributed by atoms with E-state index in [4.69, 9.17) is 26.6 Å². The molecule has 0 aromatic heterocycles. The monoisotopic (exact) mass is 398 g/mol. The van der Waals surface area contributed by atoms with Gasteiger partial charge in [-0.1, -0.05) is 35.9 Å². The van der Waals surface area contributed by atoms with E-state index in [1.807, 2.05) is 0 Å². The summed E-state index contributed by atoms with van der Waals surface area (Å²) in [5.74, 6) is -1.78. The summed E-state index contributed by atoms with van der Waals surface area (Å²) in [6.45, 7) is -0.0925. The highest BCUT2D eigenvalue weighted by Crippen LogP contribution is 2.39. The highest BCUT2D eigenvalue weighted by Gasteiger charge is 2.48. The Kier molecular flexibility index (Phi) is 5.17. The van der Waals surface area contributed by atoms with Crippen LogP contribution in [0.4, 0.5) is 13.2 Å². The SMILES string of the molecule is O=C(O)C1=Cc2cc(Cl)c(Cc3ccc(CO)cc3)cc2OC1C(F)(F)F. The van der Waals surface area contributed by atoms with Gasteiger partial charge in [-0.25, -0.2) is 4.79 Å². The third-order valence-electron chi connectivity index (χ3n) is 4.16. The highest BCUT2D eigenvalue weighted by atomic mass is 35.5. The summed E-state index contributed by atoms with van der Waals surface area (Å²) in [6.07, 6.45) is -6.12. The van der Waals surface area contributed by atoms with Gasteiger partial charge >= 0.3 is 12.1 Å². The van der Waals surface area contributed by atoms with Gasteiger partial charge in [-0.3, -0.25) is 0 Å². The molecule has 0 saturated heterocycles. The Morgan fingerprint density at radius 1 is 1.15 bits per heavy atom. The van der Waals surface area contributed by atoms with E-state index in [0.29, 0.717) is 12.0 Å². The van der Waals surface area contributed by atoms with Gasteiger partial charge in [0.25, 0.3) is 0 Å². The molecule has 4 nitrogen and oxygen atoms in total. The number of fused-ring (bicyclic) bond motifs is 1. The number of ether oxygens (including phenoxy) is 1. The molecule has 0 aliphatic carbocycles. The van der Waals surface area contributed by atoms with Crippen LogP contribution in [0, 0.1) is 0 Å². The first kappa shape index (κ1) is 19.3. The number of aliphatic carboxylic acids is 1. The molecule has 1 aliphatic rings. The zero-order valence-corrected chi connectivity index (χ0v) is 14.5. The molecule has 1 atom stereocenters. The van der Waals surface area contributed by atoms with Crippen LogP contribution in [0.15, 0.2) is 42.0 Å². The molecule has 2 aromatic rings. The van der Waals surface area contributed by atoms with Crippen molar-refractivity contribution in [2.24, 2.45) is 0 Å². The van der Waals surface area contributed by atoms with E-state index in [0.717, 1.165) is 17.2 Å². The number of halogens is 4. The molecule has 0 bridgehead atoms. The summed E-state index contributed by atoms with van der Waals surface area (Å²) in [7, 11) is 0. The molecule has 0 spiro atoms. The Hall–Kier alpha value is -2.51. The van der Waals surface area contributed by atoms with Gasteiger partial charge in [0.2, 0.25) is 6.10 Å². The molecule has 0 radical (unpaired) electrons. The summed E-state index contributed by atoms with van der Waals surface area (Å²) < 4.78 is 44.5. The lowest BCUT2D eigenvalue weighted by molar-refractivity contribution is -0.187. The molecule has 1 unspecified atom stereocenters. The van der Waals surface area contributed by atoms with E-state index in [9.17, 15) is 18.0 Å². The Labute approximate surface area is 157 Å². The minimum Gasteiger partial charge on any atom is -0.478 e. The minimum absolute atomic E-state index is 0.0753. The fourth-order valence-electron chi connectivity index (χ4n) is 2.79. The van der Waals surface area contributed by atoms with Crippen molar-refractivity contribution in [2.75, 3.05) is 0 Å². The van der Waals surface area contributed by atoms with E-state index < -0.39 is 23.8 Å². The van der Waals surface area contributed by atoms with Gasteiger partial charge in [0.05, 0.1) is 12.2 Å². The average molecular weight is 399 g/mol. The molecule has 2 aromatic carbocycles. The van der Waals surface area contributed by atoms with Crippen LogP contribution in [-0.4, -0.2) is 28.5 Å². The normalized spacial score (nSPS) is 16.3. The Bertz CT molecular complexity index is 904. The summed E-state index contributed by atoms with van der Waals surface area (Å²) in [6, 6.07) is 9.82. The van der Waals surface area contributed by atoms with Gasteiger partial charge < -0.3 is 14.9 Å². The van der Waals surface area contributed by atoms with Crippen LogP contribution >= 0.6 is 11.6 Å². The maximum atomic E-state index is 13.2. The predicted octanol–water partition coefficient (Wildman–Crippen LogP) is 4.21. The van der Waals surface area contributed by atoms with Crippen molar-refractivity contribution in [3.63, 3.8) is 0 Å². The Balaban J connectivity index is 1.97. The van der Waals surface area contributed by atoms with E-state index in [2.05, 4.69) is 0 Å². The maximum absolute atomic E-state index is 13.2. The van der Waals surface area contributed by atoms with E-state index >= 15 is 0 Å². The van der Waals surface area contributed by atoms with Crippen LogP contribution in [0.25, 0.3) is 6.08 Å². The standard InChI is InChI=1S/C19H14ClF3O4/c20-15-7-13-6-14(18(25)26)17(19(21,22)23)27-16(13)8-12(15)5-10-1-3-11(9-24)4-2-10/h1-4,6-8,17,24H,5,9H2,(H,25,26). The van der Waals surface area contributed by atoms with Crippen molar-refractivity contribution in [3.05, 3.63) is 69.2 Å². The van der Waals surface area contributed by atoms with Gasteiger partial charge in [-0.15, -0.1) is 0 Å². The second-order valence-corrected chi connectivity index (χ2v) is 6.48. The zero-order chi connectivity index (χ0) is 19.8. The van der Waals surface area contributed by atoms with Gasteiger partial charge in [0.15, 0.2) is 0 Å². The molecule has 1 aliphatic heterocycles. The van der Waals surface area contributed by atoms with Gasteiger partial charge in [-0.2, -0.15) is 13.2 Å². The second-order valence-electron chi connectivity index (χ2n) is 6.08. The molecule has 3 rings (SSSR count). The van der Waals surface area contributed by atoms with Crippen LogP contribution in [0.5, 0.6) is 5.75 Å². The number of carboxylic acid groups (broad SMARTS) is 1. The Morgan fingerprint density at radius 3 is 2.33 bits per heavy atom. The molecule has 0 amide bonds. The molecular formula is C19H14ClF3O4. The lowest BCUT2D eigenvalue weighted by Crippen LogP contribution is -2.40. The molecule has 27 heavy (non-hydrogen) atoms. The predicted molar refractivity (Wildman–Crippen MR) is 92.7 cm³/mol. The van der Waals surface area contributed by atoms with Crippen LogP contribution in [0.2, 0.25) is 5.02 Å². The topological polar surface area (TPSA) is 66.8 Å². The number of alkyl halides is 3. The van der Waals surface area contributed by atoms with Crippen molar-refractivity contribution in [3.8, 4) is 5.75 Å². The molecule has 2 N–H and O–H groups in total. The summed E-state index contributed by atoms with van der Waals surface area (Å²) in [5, 5.41) is 18.4. The third kappa shape index (κ3) is 4.09. The molecular weight excluding hydrogens is 385 g/mol. The fourth-order valence-corrected chi connectivity index (χ4v) is 3.03. The lowest BCUT2D eigenvalue weighted by Gasteiger charge is -2.27. The highest BCUT2D eigenvalue weighted by molar-refractivity contribution is 6.31. The second kappa shape index (κ2) is 7.25. The van der Waals surface area contributed by atoms with E-state index in [1.165, 1.54) is 12.1 Å². The summed E-state index contributed by atoms with van der Waals surface area (Å²) in [4.78, 5) is 11.2. The largest absolute Gasteiger partial charge is 0.478 e. The number of rotatable bonds is 4. The smallest absolute Gasteiger partial charge is 0.430 e. The van der Waals surface area contributed by atoms with Crippen molar-refractivity contribution in [2.45, 2.75) is 25.3 Å². The van der Waals surface area contributed by atoms with Crippen LogP contribution < -0.4 is 4.74 Å². The number of hydrogen-bond donors (Lipinski definition) is 2. The van der Waals surface area contributed by atoms with Gasteiger partial charge in [-0.05, 0) is 41.3 Å². The van der Waals surface area contributed by atoms with Crippen LogP contribution in [-0.2, 0) is 17.8 Å². The first-order chi connectivity index (χ1) is 12.7. The molecule has 0 fully saturated rings. The van der Waals surface area contributed by atoms with Gasteiger partial charge in [0, 0.05) is 10.6 Å². The summed E-state index contributed by atoms with van der Waals surface area (Å²) >= 11 is 6.23. The molecule has 0 saturated carbocycles. The van der Waals surface area contributed by atoms with Crippen LogP contribution in [0.3, 0.4) is 0 Å². The average Bonchev–Trinajstić information content (AvgIpc) is 2.61. The first-order valence-electron chi connectivity index (χ1n) is 7.88. The van der Waals surface area contributed by atoms with Crippen molar-refractivity contribution < 1.29 is 32.9 Å². The number of carboxylic acids is 1. The molecule has 1 heterocycles. The fraction of sp³-hybridized carbons (Fsp3) is 0.211. The summed E-state index contributed by atoms with van der Waals surface area (Å²) in [5.41, 5.74) is 1.41. The number of aliphatic hydroxyl groups excluding tert-OH is 1. The van der Waals surface area contributed by atoms with Crippen molar-refractivity contribution in [1.82, 2.24) is 0 Å². The molecule has 142 valence electrons. The lowest BCUT2D eigenvalue weighted by atomic mass is 9.97. The van der Waals surface area contributed by atoms with Crippen molar-refractivity contribution >= 4 is 23.6 Å². The number of aliphatic hydroxyl groups is 1. The third-order valence-corrected chi connectivity index (χ3v) is 4.51. The van der Waals surface area contributed by atoms with Crippen molar-refractivity contribution in [1.29, 1.82) is 0 Å². The Morgan fingerprint density at radius 2 is 1.78 bits per heavy atom. The quantitative estimate of drug-likeness (QED) is 0.809. The van der Waals surface area contributed by atoms with E-state index in [1.54, 1.807) is 24.3 Å². The van der Waals surface area contributed by atoms with Gasteiger partial charge in [0.1, 0.15) is 5.75 Å². The zero-order valence-electron chi connectivity index (χ0n) is 13.8. The van der Waals surface area contributed by atoms with E-state index in [-0.39, 0.29) is 22.9 Å².